The van der Waals surface area contributed by atoms with Gasteiger partial charge < -0.3 is 14.8 Å². The highest BCUT2D eigenvalue weighted by atomic mass is 32.2. The maximum atomic E-state index is 13.2. The van der Waals surface area contributed by atoms with Crippen LogP contribution in [0.5, 0.6) is 5.75 Å². The van der Waals surface area contributed by atoms with Gasteiger partial charge in [0.05, 0.1) is 11.3 Å². The first-order chi connectivity index (χ1) is 8.99. The van der Waals surface area contributed by atoms with Crippen molar-refractivity contribution in [2.45, 2.75) is 5.16 Å². The van der Waals surface area contributed by atoms with Crippen molar-refractivity contribution in [1.82, 2.24) is 14.8 Å². The van der Waals surface area contributed by atoms with Gasteiger partial charge in [0.1, 0.15) is 11.6 Å². The Labute approximate surface area is 111 Å². The largest absolute Gasteiger partial charge is 0.507 e. The molecule has 1 aromatic heterocycles. The minimum Gasteiger partial charge on any atom is -0.507 e. The number of aromatic nitrogens is 3. The van der Waals surface area contributed by atoms with E-state index in [0.717, 1.165) is 23.9 Å². The zero-order valence-corrected chi connectivity index (χ0v) is 10.7. The molecule has 2 N–H and O–H groups in total. The van der Waals surface area contributed by atoms with Gasteiger partial charge >= 0.3 is 5.97 Å². The lowest BCUT2D eigenvalue weighted by molar-refractivity contribution is -0.133. The van der Waals surface area contributed by atoms with Gasteiger partial charge in [-0.3, -0.25) is 4.79 Å². The van der Waals surface area contributed by atoms with E-state index in [-0.39, 0.29) is 22.9 Å². The molecular weight excluding hydrogens is 273 g/mol. The number of phenolic OH excluding ortho intramolecular Hbond substituents is 1. The summed E-state index contributed by atoms with van der Waals surface area (Å²) in [5.74, 6) is -1.48. The van der Waals surface area contributed by atoms with E-state index in [0.29, 0.717) is 5.16 Å². The van der Waals surface area contributed by atoms with Gasteiger partial charge in [-0.25, -0.2) is 4.39 Å². The van der Waals surface area contributed by atoms with Gasteiger partial charge in [-0.2, -0.15) is 0 Å². The number of hydrogen-bond acceptors (Lipinski definition) is 5. The Bertz CT molecular complexity index is 630. The third-order valence-corrected chi connectivity index (χ3v) is 3.36. The van der Waals surface area contributed by atoms with Gasteiger partial charge in [-0.15, -0.1) is 10.2 Å². The van der Waals surface area contributed by atoms with Crippen LogP contribution >= 0.6 is 11.8 Å². The summed E-state index contributed by atoms with van der Waals surface area (Å²) in [6.45, 7) is 0. The molecule has 100 valence electrons. The number of hydrogen-bond donors (Lipinski definition) is 2. The molecule has 0 aliphatic carbocycles. The van der Waals surface area contributed by atoms with Gasteiger partial charge in [0, 0.05) is 7.05 Å². The SMILES string of the molecule is Cn1c(SCC(=O)O)nnc1-c1cc(F)ccc1O. The van der Waals surface area contributed by atoms with Crippen LogP contribution in [0.2, 0.25) is 0 Å². The molecule has 0 aliphatic rings. The Kier molecular flexibility index (Phi) is 3.70. The number of carbonyl (C=O) groups is 1. The van der Waals surface area contributed by atoms with Crippen LogP contribution < -0.4 is 0 Å². The molecule has 0 aliphatic heterocycles. The first kappa shape index (κ1) is 13.3. The average molecular weight is 283 g/mol. The Morgan fingerprint density at radius 2 is 2.21 bits per heavy atom. The number of thioether (sulfide) groups is 1. The predicted octanol–water partition coefficient (Wildman–Crippen LogP) is 1.50. The fourth-order valence-corrected chi connectivity index (χ4v) is 2.12. The van der Waals surface area contributed by atoms with Crippen molar-refractivity contribution in [3.63, 3.8) is 0 Å². The third kappa shape index (κ3) is 2.84. The Balaban J connectivity index is 2.36. The van der Waals surface area contributed by atoms with Crippen LogP contribution in [-0.2, 0) is 11.8 Å². The second-order valence-corrected chi connectivity index (χ2v) is 4.65. The highest BCUT2D eigenvalue weighted by molar-refractivity contribution is 7.99. The van der Waals surface area contributed by atoms with E-state index < -0.39 is 11.8 Å². The highest BCUT2D eigenvalue weighted by Crippen LogP contribution is 2.30. The molecule has 1 heterocycles. The Morgan fingerprint density at radius 3 is 2.89 bits per heavy atom. The lowest BCUT2D eigenvalue weighted by Gasteiger charge is -2.05. The summed E-state index contributed by atoms with van der Waals surface area (Å²) in [6.07, 6.45) is 0. The quantitative estimate of drug-likeness (QED) is 0.827. The lowest BCUT2D eigenvalue weighted by atomic mass is 10.2. The van der Waals surface area contributed by atoms with E-state index in [9.17, 15) is 14.3 Å². The average Bonchev–Trinajstić information content (AvgIpc) is 2.71. The topological polar surface area (TPSA) is 88.2 Å². The van der Waals surface area contributed by atoms with E-state index >= 15 is 0 Å². The molecule has 0 saturated carbocycles. The maximum absolute atomic E-state index is 13.2. The highest BCUT2D eigenvalue weighted by Gasteiger charge is 2.15. The third-order valence-electron chi connectivity index (χ3n) is 2.36. The van der Waals surface area contributed by atoms with E-state index in [1.807, 2.05) is 0 Å². The van der Waals surface area contributed by atoms with Crippen LogP contribution in [0.15, 0.2) is 23.4 Å². The van der Waals surface area contributed by atoms with Crippen molar-refractivity contribution < 1.29 is 19.4 Å². The van der Waals surface area contributed by atoms with E-state index in [2.05, 4.69) is 10.2 Å². The molecule has 0 radical (unpaired) electrons. The first-order valence-electron chi connectivity index (χ1n) is 5.22. The van der Waals surface area contributed by atoms with Gasteiger partial charge in [-0.05, 0) is 18.2 Å². The Hall–Kier alpha value is -2.09. The van der Waals surface area contributed by atoms with Gasteiger partial charge in [0.2, 0.25) is 0 Å². The number of carboxylic acid groups (broad SMARTS) is 1. The molecule has 19 heavy (non-hydrogen) atoms. The van der Waals surface area contributed by atoms with Crippen molar-refractivity contribution >= 4 is 17.7 Å². The summed E-state index contributed by atoms with van der Waals surface area (Å²) in [5.41, 5.74) is 0.206. The summed E-state index contributed by atoms with van der Waals surface area (Å²) in [7, 11) is 1.61. The molecule has 2 rings (SSSR count). The molecule has 0 spiro atoms. The predicted molar refractivity (Wildman–Crippen MR) is 66.4 cm³/mol. The number of benzene rings is 1. The fraction of sp³-hybridized carbons (Fsp3) is 0.182. The minimum atomic E-state index is -0.969. The summed E-state index contributed by atoms with van der Waals surface area (Å²) in [6, 6.07) is 3.50. The molecule has 0 unspecified atom stereocenters. The van der Waals surface area contributed by atoms with Crippen molar-refractivity contribution in [3.05, 3.63) is 24.0 Å². The fourth-order valence-electron chi connectivity index (χ4n) is 1.49. The number of rotatable bonds is 4. The summed E-state index contributed by atoms with van der Waals surface area (Å²) >= 11 is 0.995. The maximum Gasteiger partial charge on any atom is 0.313 e. The molecule has 0 amide bonds. The van der Waals surface area contributed by atoms with Crippen LogP contribution in [0.25, 0.3) is 11.4 Å². The van der Waals surface area contributed by atoms with Gasteiger partial charge in [0.25, 0.3) is 0 Å². The number of carboxylic acids is 1. The normalized spacial score (nSPS) is 10.6. The van der Waals surface area contributed by atoms with E-state index in [1.165, 1.54) is 10.6 Å². The summed E-state index contributed by atoms with van der Waals surface area (Å²) < 4.78 is 14.7. The standard InChI is InChI=1S/C11H10FN3O3S/c1-15-10(7-4-6(12)2-3-8(7)16)13-14-11(15)19-5-9(17)18/h2-4,16H,5H2,1H3,(H,17,18). The van der Waals surface area contributed by atoms with E-state index in [1.54, 1.807) is 7.05 Å². The molecule has 6 nitrogen and oxygen atoms in total. The summed E-state index contributed by atoms with van der Waals surface area (Å²) in [4.78, 5) is 10.5. The van der Waals surface area contributed by atoms with Crippen LogP contribution in [0.4, 0.5) is 4.39 Å². The molecule has 0 atom stereocenters. The zero-order chi connectivity index (χ0) is 14.0. The second kappa shape index (κ2) is 5.27. The molecule has 2 aromatic rings. The summed E-state index contributed by atoms with van der Waals surface area (Å²) in [5, 5.41) is 26.3. The smallest absolute Gasteiger partial charge is 0.313 e. The lowest BCUT2D eigenvalue weighted by Crippen LogP contribution is -2.01. The zero-order valence-electron chi connectivity index (χ0n) is 9.87. The van der Waals surface area contributed by atoms with Crippen molar-refractivity contribution in [2.75, 3.05) is 5.75 Å². The van der Waals surface area contributed by atoms with Crippen molar-refractivity contribution in [3.8, 4) is 17.1 Å². The molecule has 8 heteroatoms. The van der Waals surface area contributed by atoms with E-state index in [4.69, 9.17) is 5.11 Å². The monoisotopic (exact) mass is 283 g/mol. The van der Waals surface area contributed by atoms with Crippen LogP contribution in [0.1, 0.15) is 0 Å². The van der Waals surface area contributed by atoms with Gasteiger partial charge in [-0.1, -0.05) is 11.8 Å². The number of phenols is 1. The number of nitrogens with zero attached hydrogens (tertiary/aromatic N) is 3. The number of aliphatic carboxylic acids is 1. The van der Waals surface area contributed by atoms with Crippen LogP contribution in [0, 0.1) is 5.82 Å². The first-order valence-corrected chi connectivity index (χ1v) is 6.20. The molecule has 0 saturated heterocycles. The molecule has 1 aromatic carbocycles. The van der Waals surface area contributed by atoms with Crippen LogP contribution in [-0.4, -0.2) is 36.7 Å². The number of aromatic hydroxyl groups is 1. The molecular formula is C11H10FN3O3S. The minimum absolute atomic E-state index is 0.119. The second-order valence-electron chi connectivity index (χ2n) is 3.71. The molecule has 0 bridgehead atoms. The van der Waals surface area contributed by atoms with Crippen molar-refractivity contribution in [2.24, 2.45) is 7.05 Å². The van der Waals surface area contributed by atoms with Gasteiger partial charge in [0.15, 0.2) is 11.0 Å². The van der Waals surface area contributed by atoms with Crippen molar-refractivity contribution in [1.29, 1.82) is 0 Å². The molecule has 0 fully saturated rings. The van der Waals surface area contributed by atoms with Crippen LogP contribution in [0.3, 0.4) is 0 Å². The number of halogens is 1. The Morgan fingerprint density at radius 1 is 1.47 bits per heavy atom.